The minimum absolute atomic E-state index is 0.000367. The summed E-state index contributed by atoms with van der Waals surface area (Å²) in [6.07, 6.45) is 3.72. The van der Waals surface area contributed by atoms with Gasteiger partial charge in [0.15, 0.2) is 5.82 Å². The normalized spacial score (nSPS) is 16.6. The first-order chi connectivity index (χ1) is 15.8. The first-order valence-electron chi connectivity index (χ1n) is 11.0. The van der Waals surface area contributed by atoms with E-state index in [9.17, 15) is 18.0 Å². The number of carbonyl (C=O) groups excluding carboxylic acids is 1. The monoisotopic (exact) mass is 454 g/mol. The fraction of sp³-hybridized carbons (Fsp3) is 0.360. The number of hydrogen-bond acceptors (Lipinski definition) is 4. The molecule has 3 aromatic rings. The van der Waals surface area contributed by atoms with Gasteiger partial charge in [-0.2, -0.15) is 13.2 Å². The highest BCUT2D eigenvalue weighted by atomic mass is 19.4. The van der Waals surface area contributed by atoms with Crippen LogP contribution in [0.4, 0.5) is 13.2 Å². The quantitative estimate of drug-likeness (QED) is 0.511. The molecule has 1 aliphatic rings. The number of likely N-dealkylation sites (tertiary alicyclic amines) is 1. The number of carbonyl (C=O) groups is 1. The van der Waals surface area contributed by atoms with E-state index in [0.29, 0.717) is 42.0 Å². The van der Waals surface area contributed by atoms with Crippen LogP contribution in [0.5, 0.6) is 0 Å². The lowest BCUT2D eigenvalue weighted by Gasteiger charge is -2.36. The van der Waals surface area contributed by atoms with E-state index >= 15 is 0 Å². The highest BCUT2D eigenvalue weighted by molar-refractivity contribution is 6.00. The van der Waals surface area contributed by atoms with Crippen LogP contribution in [0.25, 0.3) is 11.4 Å². The summed E-state index contributed by atoms with van der Waals surface area (Å²) >= 11 is 0. The number of aryl methyl sites for hydroxylation is 2. The largest absolute Gasteiger partial charge is 0.417 e. The van der Waals surface area contributed by atoms with Crippen molar-refractivity contribution in [3.8, 4) is 11.4 Å². The topological polar surface area (TPSA) is 59.0 Å². The summed E-state index contributed by atoms with van der Waals surface area (Å²) < 4.78 is 38.4. The van der Waals surface area contributed by atoms with Crippen molar-refractivity contribution in [2.75, 3.05) is 6.54 Å². The number of aromatic nitrogens is 3. The Labute approximate surface area is 190 Å². The molecule has 0 N–H and O–H groups in total. The predicted molar refractivity (Wildman–Crippen MR) is 118 cm³/mol. The Bertz CT molecular complexity index is 1100. The summed E-state index contributed by atoms with van der Waals surface area (Å²) in [5.74, 6) is 0.439. The molecule has 1 atom stereocenters. The molecule has 0 radical (unpaired) electrons. The zero-order valence-corrected chi connectivity index (χ0v) is 18.3. The molecular formula is C25H25F3N4O. The van der Waals surface area contributed by atoms with Gasteiger partial charge < -0.3 is 4.90 Å². The van der Waals surface area contributed by atoms with Crippen molar-refractivity contribution in [2.24, 2.45) is 0 Å². The second kappa shape index (κ2) is 9.68. The molecule has 0 spiro atoms. The minimum atomic E-state index is -4.40. The molecule has 172 valence electrons. The lowest BCUT2D eigenvalue weighted by Crippen LogP contribution is -2.44. The van der Waals surface area contributed by atoms with Gasteiger partial charge in [-0.15, -0.1) is 0 Å². The number of halogens is 3. The lowest BCUT2D eigenvalue weighted by molar-refractivity contribution is -0.137. The standard InChI is InChI=1S/C25H25F3N4O/c1-17-6-11-21(23-29-12-4-13-30-23)22(15-17)24(33)32-14-3-2-5-20(32)10-9-19-8-7-18(16-31-19)25(26,27)28/h4,6-8,11-13,15-16,20H,2-3,5,9-10,14H2,1H3. The van der Waals surface area contributed by atoms with Gasteiger partial charge in [-0.1, -0.05) is 17.7 Å². The molecule has 5 nitrogen and oxygen atoms in total. The smallest absolute Gasteiger partial charge is 0.336 e. The molecule has 0 bridgehead atoms. The van der Waals surface area contributed by atoms with Crippen LogP contribution < -0.4 is 0 Å². The Balaban J connectivity index is 1.53. The number of hydrogen-bond donors (Lipinski definition) is 0. The molecule has 0 saturated carbocycles. The SMILES string of the molecule is Cc1ccc(-c2ncccn2)c(C(=O)N2CCCCC2CCc2ccc(C(F)(F)F)cn2)c1. The van der Waals surface area contributed by atoms with Crippen LogP contribution in [0.2, 0.25) is 0 Å². The van der Waals surface area contributed by atoms with Crippen LogP contribution in [0.15, 0.2) is 55.0 Å². The molecule has 4 rings (SSSR count). The summed E-state index contributed by atoms with van der Waals surface area (Å²) in [6, 6.07) is 9.90. The van der Waals surface area contributed by atoms with Crippen molar-refractivity contribution < 1.29 is 18.0 Å². The second-order valence-electron chi connectivity index (χ2n) is 8.34. The molecule has 8 heteroatoms. The fourth-order valence-electron chi connectivity index (χ4n) is 4.25. The highest BCUT2D eigenvalue weighted by Gasteiger charge is 2.31. The summed E-state index contributed by atoms with van der Waals surface area (Å²) in [6.45, 7) is 2.59. The molecule has 1 saturated heterocycles. The number of nitrogens with zero attached hydrogens (tertiary/aromatic N) is 4. The number of benzene rings is 1. The molecule has 1 amide bonds. The van der Waals surface area contributed by atoms with Crippen molar-refractivity contribution in [3.05, 3.63) is 77.4 Å². The lowest BCUT2D eigenvalue weighted by atomic mass is 9.94. The number of alkyl halides is 3. The third-order valence-corrected chi connectivity index (χ3v) is 5.99. The zero-order chi connectivity index (χ0) is 23.4. The Morgan fingerprint density at radius 1 is 1.09 bits per heavy atom. The van der Waals surface area contributed by atoms with Gasteiger partial charge in [0.1, 0.15) is 0 Å². The third kappa shape index (κ3) is 5.38. The van der Waals surface area contributed by atoms with Crippen molar-refractivity contribution >= 4 is 5.91 Å². The molecule has 33 heavy (non-hydrogen) atoms. The maximum Gasteiger partial charge on any atom is 0.417 e. The first-order valence-corrected chi connectivity index (χ1v) is 11.0. The molecule has 2 aromatic heterocycles. The van der Waals surface area contributed by atoms with Crippen LogP contribution in [0.3, 0.4) is 0 Å². The van der Waals surface area contributed by atoms with E-state index in [0.717, 1.165) is 37.1 Å². The predicted octanol–water partition coefficient (Wildman–Crippen LogP) is 5.49. The van der Waals surface area contributed by atoms with Gasteiger partial charge in [-0.3, -0.25) is 9.78 Å². The first kappa shape index (κ1) is 22.9. The van der Waals surface area contributed by atoms with Gasteiger partial charge in [-0.05, 0) is 63.3 Å². The van der Waals surface area contributed by atoms with Crippen molar-refractivity contribution in [2.45, 2.75) is 51.2 Å². The van der Waals surface area contributed by atoms with Gasteiger partial charge in [0, 0.05) is 42.4 Å². The Kier molecular flexibility index (Phi) is 6.72. The van der Waals surface area contributed by atoms with Crippen molar-refractivity contribution in [1.82, 2.24) is 19.9 Å². The Morgan fingerprint density at radius 2 is 1.88 bits per heavy atom. The summed E-state index contributed by atoms with van der Waals surface area (Å²) in [4.78, 5) is 28.2. The molecule has 1 aromatic carbocycles. The summed E-state index contributed by atoms with van der Waals surface area (Å²) in [7, 11) is 0. The Morgan fingerprint density at radius 3 is 2.58 bits per heavy atom. The van der Waals surface area contributed by atoms with Crippen LogP contribution in [0, 0.1) is 6.92 Å². The Hall–Kier alpha value is -3.29. The van der Waals surface area contributed by atoms with Crippen LogP contribution in [-0.2, 0) is 12.6 Å². The second-order valence-corrected chi connectivity index (χ2v) is 8.34. The van der Waals surface area contributed by atoms with Gasteiger partial charge in [-0.25, -0.2) is 9.97 Å². The van der Waals surface area contributed by atoms with Gasteiger partial charge in [0.05, 0.1) is 11.1 Å². The molecule has 0 aliphatic carbocycles. The van der Waals surface area contributed by atoms with Gasteiger partial charge >= 0.3 is 6.18 Å². The van der Waals surface area contributed by atoms with Crippen molar-refractivity contribution in [1.29, 1.82) is 0 Å². The fourth-order valence-corrected chi connectivity index (χ4v) is 4.25. The third-order valence-electron chi connectivity index (χ3n) is 5.99. The van der Waals surface area contributed by atoms with Crippen LogP contribution >= 0.6 is 0 Å². The zero-order valence-electron chi connectivity index (χ0n) is 18.3. The van der Waals surface area contributed by atoms with Gasteiger partial charge in [0.2, 0.25) is 0 Å². The van der Waals surface area contributed by atoms with E-state index in [1.165, 1.54) is 6.07 Å². The highest BCUT2D eigenvalue weighted by Crippen LogP contribution is 2.30. The molecule has 1 fully saturated rings. The van der Waals surface area contributed by atoms with E-state index in [2.05, 4.69) is 15.0 Å². The van der Waals surface area contributed by atoms with E-state index in [1.807, 2.05) is 30.0 Å². The van der Waals surface area contributed by atoms with Crippen molar-refractivity contribution in [3.63, 3.8) is 0 Å². The average molecular weight is 454 g/mol. The average Bonchev–Trinajstić information content (AvgIpc) is 2.82. The molecule has 1 aliphatic heterocycles. The number of pyridine rings is 1. The van der Waals surface area contributed by atoms with Crippen LogP contribution in [0.1, 0.15) is 52.9 Å². The maximum absolute atomic E-state index is 13.7. The summed E-state index contributed by atoms with van der Waals surface area (Å²) in [5, 5.41) is 0. The maximum atomic E-state index is 13.7. The van der Waals surface area contributed by atoms with Crippen LogP contribution in [-0.4, -0.2) is 38.3 Å². The minimum Gasteiger partial charge on any atom is -0.336 e. The summed E-state index contributed by atoms with van der Waals surface area (Å²) in [5.41, 5.74) is 2.08. The number of rotatable bonds is 5. The van der Waals surface area contributed by atoms with E-state index in [4.69, 9.17) is 0 Å². The number of amides is 1. The van der Waals surface area contributed by atoms with Gasteiger partial charge in [0.25, 0.3) is 5.91 Å². The van der Waals surface area contributed by atoms with E-state index < -0.39 is 11.7 Å². The molecule has 3 heterocycles. The van der Waals surface area contributed by atoms with E-state index in [-0.39, 0.29) is 11.9 Å². The molecular weight excluding hydrogens is 429 g/mol. The van der Waals surface area contributed by atoms with E-state index in [1.54, 1.807) is 18.5 Å². The molecule has 1 unspecified atom stereocenters. The number of piperidine rings is 1.